The van der Waals surface area contributed by atoms with E-state index in [2.05, 4.69) is 91.8 Å². The first-order valence-corrected chi connectivity index (χ1v) is 19.3. The molecule has 12 nitrogen and oxygen atoms in total. The van der Waals surface area contributed by atoms with Gasteiger partial charge in [-0.15, -0.1) is 0 Å². The fourth-order valence-electron chi connectivity index (χ4n) is 6.76. The van der Waals surface area contributed by atoms with Gasteiger partial charge >= 0.3 is 12.1 Å². The molecule has 274 valence electrons. The number of amides is 1. The van der Waals surface area contributed by atoms with Gasteiger partial charge in [-0.3, -0.25) is 10.00 Å². The van der Waals surface area contributed by atoms with Gasteiger partial charge in [-0.25, -0.2) is 14.6 Å². The molecule has 0 saturated heterocycles. The van der Waals surface area contributed by atoms with Crippen molar-refractivity contribution in [3.63, 3.8) is 0 Å². The number of fused-ring (bicyclic) bond motifs is 1. The lowest BCUT2D eigenvalue weighted by atomic mass is 10.1. The van der Waals surface area contributed by atoms with Crippen LogP contribution in [0.25, 0.3) is 11.0 Å². The van der Waals surface area contributed by atoms with E-state index in [0.717, 1.165) is 18.4 Å². The highest BCUT2D eigenvalue weighted by atomic mass is 28.4. The normalized spacial score (nSPS) is 12.4. The number of benzene rings is 3. The van der Waals surface area contributed by atoms with Gasteiger partial charge < -0.3 is 24.3 Å². The monoisotopic (exact) mass is 724 g/mol. The molecule has 0 fully saturated rings. The van der Waals surface area contributed by atoms with E-state index >= 15 is 0 Å². The highest BCUT2D eigenvalue weighted by molar-refractivity contribution is 6.99. The number of ether oxygens (including phenoxy) is 2. The highest BCUT2D eigenvalue weighted by Crippen LogP contribution is 2.37. The van der Waals surface area contributed by atoms with Gasteiger partial charge in [0.25, 0.3) is 8.32 Å². The zero-order valence-corrected chi connectivity index (χ0v) is 31.9. The third-order valence-electron chi connectivity index (χ3n) is 9.19. The third-order valence-corrected chi connectivity index (χ3v) is 14.2. The Balaban J connectivity index is 1.52. The standard InChI is InChI=1S/C39H48N6O6Si/c1-8-15-29(22-23-51-52(39(3,4)5,30-16-11-9-12-17-30)31-18-13-10-14-19-31)40-35-34-33(41-37(42-35)43-38(48)50-7)26(2)44-45(34)25-28-21-20-27(36(46)47)24-32(28)49-6/h9-14,16-21,24,29H,8,15,22-23,25H2,1-7H3,(H,46,47)(H2,40,41,42,43,48)/t29-/m0/s1. The van der Waals surface area contributed by atoms with E-state index in [4.69, 9.17) is 24.0 Å². The van der Waals surface area contributed by atoms with Crippen LogP contribution in [0.2, 0.25) is 5.04 Å². The van der Waals surface area contributed by atoms with Gasteiger partial charge in [0.2, 0.25) is 5.95 Å². The number of methoxy groups -OCH3 is 2. The largest absolute Gasteiger partial charge is 0.496 e. The summed E-state index contributed by atoms with van der Waals surface area (Å²) in [6, 6.07) is 25.8. The summed E-state index contributed by atoms with van der Waals surface area (Å²) in [7, 11) is 0.0290. The lowest BCUT2D eigenvalue weighted by molar-refractivity contribution is 0.0696. The second kappa shape index (κ2) is 16.4. The van der Waals surface area contributed by atoms with Crippen molar-refractivity contribution in [2.45, 2.75) is 71.5 Å². The van der Waals surface area contributed by atoms with Crippen LogP contribution in [0.15, 0.2) is 78.9 Å². The summed E-state index contributed by atoms with van der Waals surface area (Å²) >= 11 is 0. The van der Waals surface area contributed by atoms with Gasteiger partial charge in [-0.05, 0) is 47.3 Å². The Kier molecular flexibility index (Phi) is 12.0. The van der Waals surface area contributed by atoms with Crippen LogP contribution in [0.4, 0.5) is 16.6 Å². The summed E-state index contributed by atoms with van der Waals surface area (Å²) in [5.41, 5.74) is 2.64. The van der Waals surface area contributed by atoms with Gasteiger partial charge in [-0.2, -0.15) is 10.1 Å². The van der Waals surface area contributed by atoms with Crippen molar-refractivity contribution in [2.75, 3.05) is 31.5 Å². The number of hydrogen-bond donors (Lipinski definition) is 3. The Morgan fingerprint density at radius 3 is 2.15 bits per heavy atom. The maximum absolute atomic E-state index is 12.3. The molecular weight excluding hydrogens is 677 g/mol. The van der Waals surface area contributed by atoms with Gasteiger partial charge in [0, 0.05) is 18.2 Å². The lowest BCUT2D eigenvalue weighted by Gasteiger charge is -2.43. The Hall–Kier alpha value is -5.27. The predicted molar refractivity (Wildman–Crippen MR) is 206 cm³/mol. The number of hydrogen-bond acceptors (Lipinski definition) is 9. The molecule has 2 aromatic heterocycles. The number of aryl methyl sites for hydroxylation is 1. The summed E-state index contributed by atoms with van der Waals surface area (Å²) < 4.78 is 19.4. The van der Waals surface area contributed by atoms with Crippen LogP contribution >= 0.6 is 0 Å². The molecule has 1 amide bonds. The van der Waals surface area contributed by atoms with Gasteiger partial charge in [0.1, 0.15) is 16.8 Å². The van der Waals surface area contributed by atoms with Crippen molar-refractivity contribution < 1.29 is 28.6 Å². The molecule has 0 unspecified atom stereocenters. The van der Waals surface area contributed by atoms with E-state index in [1.807, 2.05) is 19.1 Å². The molecule has 0 aliphatic carbocycles. The topological polar surface area (TPSA) is 150 Å². The summed E-state index contributed by atoms with van der Waals surface area (Å²) in [4.78, 5) is 33.3. The molecule has 52 heavy (non-hydrogen) atoms. The van der Waals surface area contributed by atoms with Crippen LogP contribution in [0.5, 0.6) is 5.75 Å². The number of nitrogens with zero attached hydrogens (tertiary/aromatic N) is 4. The third kappa shape index (κ3) is 8.10. The van der Waals surface area contributed by atoms with Crippen LogP contribution in [-0.2, 0) is 15.7 Å². The maximum atomic E-state index is 12.3. The van der Waals surface area contributed by atoms with Crippen molar-refractivity contribution in [2.24, 2.45) is 0 Å². The fraction of sp³-hybridized carbons (Fsp3) is 0.359. The second-order valence-electron chi connectivity index (χ2n) is 13.7. The van der Waals surface area contributed by atoms with E-state index in [9.17, 15) is 14.7 Å². The molecule has 5 rings (SSSR count). The van der Waals surface area contributed by atoms with Crippen molar-refractivity contribution in [3.05, 3.63) is 95.7 Å². The molecular formula is C39H48N6O6Si. The SMILES string of the molecule is CCC[C@@H](CCO[Si](c1ccccc1)(c1ccccc1)C(C)(C)C)Nc1nc(NC(=O)OC)nc2c(C)nn(Cc3ccc(C(=O)O)cc3OC)c12. The molecule has 0 aliphatic heterocycles. The van der Waals surface area contributed by atoms with Crippen LogP contribution in [-0.4, -0.2) is 72.1 Å². The van der Waals surface area contributed by atoms with Gasteiger partial charge in [-0.1, -0.05) is 101 Å². The first-order chi connectivity index (χ1) is 24.9. The average molecular weight is 725 g/mol. The number of aromatic nitrogens is 4. The van der Waals surface area contributed by atoms with Gasteiger partial charge in [0.05, 0.1) is 32.0 Å². The number of anilines is 2. The minimum absolute atomic E-state index is 0.0552. The van der Waals surface area contributed by atoms with Crippen molar-refractivity contribution in [1.29, 1.82) is 0 Å². The lowest BCUT2D eigenvalue weighted by Crippen LogP contribution is -2.66. The van der Waals surface area contributed by atoms with E-state index in [0.29, 0.717) is 41.3 Å². The van der Waals surface area contributed by atoms with Crippen LogP contribution in [0.3, 0.4) is 0 Å². The zero-order chi connectivity index (χ0) is 37.5. The molecule has 0 saturated carbocycles. The number of rotatable bonds is 15. The summed E-state index contributed by atoms with van der Waals surface area (Å²) in [5, 5.41) is 22.9. The first-order valence-electron chi connectivity index (χ1n) is 17.4. The van der Waals surface area contributed by atoms with Crippen LogP contribution in [0.1, 0.15) is 68.6 Å². The number of carboxylic acid groups (broad SMARTS) is 1. The molecule has 0 radical (unpaired) electrons. The number of aromatic carboxylic acids is 1. The molecule has 0 aliphatic rings. The molecule has 1 atom stereocenters. The number of carbonyl (C=O) groups excluding carboxylic acids is 1. The molecule has 3 N–H and O–H groups in total. The van der Waals surface area contributed by atoms with E-state index in [1.54, 1.807) is 10.7 Å². The second-order valence-corrected chi connectivity index (χ2v) is 18.0. The Morgan fingerprint density at radius 1 is 0.942 bits per heavy atom. The fourth-order valence-corrected chi connectivity index (χ4v) is 11.3. The van der Waals surface area contributed by atoms with Crippen LogP contribution < -0.4 is 25.7 Å². The quantitative estimate of drug-likeness (QED) is 0.101. The zero-order valence-electron chi connectivity index (χ0n) is 30.9. The molecule has 5 aromatic rings. The predicted octanol–water partition coefficient (Wildman–Crippen LogP) is 6.62. The Morgan fingerprint density at radius 2 is 1.60 bits per heavy atom. The Labute approximate surface area is 305 Å². The number of carboxylic acids is 1. The highest BCUT2D eigenvalue weighted by Gasteiger charge is 2.50. The first kappa shape index (κ1) is 38.0. The number of carbonyl (C=O) groups is 2. The molecule has 0 bridgehead atoms. The van der Waals surface area contributed by atoms with E-state index in [1.165, 1.54) is 36.7 Å². The molecule has 2 heterocycles. The van der Waals surface area contributed by atoms with E-state index < -0.39 is 20.4 Å². The smallest absolute Gasteiger partial charge is 0.413 e. The average Bonchev–Trinajstić information content (AvgIpc) is 3.44. The molecule has 0 spiro atoms. The number of nitrogens with one attached hydrogen (secondary N) is 2. The molecule has 3 aromatic carbocycles. The van der Waals surface area contributed by atoms with Crippen LogP contribution in [0, 0.1) is 6.92 Å². The maximum Gasteiger partial charge on any atom is 0.413 e. The van der Waals surface area contributed by atoms with Crippen molar-refractivity contribution >= 4 is 53.6 Å². The summed E-state index contributed by atoms with van der Waals surface area (Å²) in [5.74, 6) is -0.0599. The van der Waals surface area contributed by atoms with Crippen molar-refractivity contribution in [1.82, 2.24) is 19.7 Å². The Bertz CT molecular complexity index is 1960. The van der Waals surface area contributed by atoms with Crippen molar-refractivity contribution in [3.8, 4) is 5.75 Å². The minimum atomic E-state index is -2.75. The molecule has 13 heteroatoms. The minimum Gasteiger partial charge on any atom is -0.496 e. The summed E-state index contributed by atoms with van der Waals surface area (Å²) in [6.45, 7) is 11.5. The van der Waals surface area contributed by atoms with E-state index in [-0.39, 0.29) is 29.1 Å². The van der Waals surface area contributed by atoms with Gasteiger partial charge in [0.15, 0.2) is 5.82 Å². The summed E-state index contributed by atoms with van der Waals surface area (Å²) in [6.07, 6.45) is 1.72.